The summed E-state index contributed by atoms with van der Waals surface area (Å²) in [5.74, 6) is -14.3. The van der Waals surface area contributed by atoms with E-state index in [1.54, 1.807) is 0 Å². The van der Waals surface area contributed by atoms with Gasteiger partial charge in [-0.1, -0.05) is 0 Å². The fourth-order valence-electron chi connectivity index (χ4n) is 12.5. The Bertz CT molecular complexity index is 3160. The second kappa shape index (κ2) is 64.1. The van der Waals surface area contributed by atoms with Crippen LogP contribution in [0.2, 0.25) is 0 Å². The molecule has 0 radical (unpaired) electrons. The van der Waals surface area contributed by atoms with Gasteiger partial charge in [0, 0.05) is 131 Å². The monoisotopic (exact) mass is 1840 g/mol. The number of unbranched alkanes of at least 4 members (excludes halogenated alkanes) is 3. The molecule has 1 unspecified atom stereocenters. The number of halogens is 4. The smallest absolute Gasteiger partial charge is 0.313 e. The van der Waals surface area contributed by atoms with Gasteiger partial charge in [0.15, 0.2) is 30.5 Å². The van der Waals surface area contributed by atoms with Gasteiger partial charge >= 0.3 is 5.97 Å². The largest absolute Gasteiger partial charge is 0.420 e. The highest BCUT2D eigenvalue weighted by Crippen LogP contribution is 2.29. The SMILES string of the molecule is CC(=O)N[C@H]1[C@H](OCCCCC(=O)NCCCNC(=O)CCOCC(COCCC(=O)NCCCNC(=O)CCCCOC2O[C@H](CO)[C@H](O)[C@H](O)[C@H]2NC(C)=O)(COCCC(=O)NCCCNC(=O)CCCCO[C@@H]2O[C@H](CO)[C@H](O)[C@H](O)[C@H]2NC(C)=O)NC(=O)CCOCCOCCOCCOCCC(=O)Oc2c(F)c(F)cc(F)c2F)O[C@H](CO)[C@H](O)[C@@H]1O. The molecule has 3 aliphatic rings. The molecule has 3 saturated heterocycles. The number of amides is 10. The van der Waals surface area contributed by atoms with Crippen molar-refractivity contribution in [1.29, 1.82) is 0 Å². The quantitative estimate of drug-likeness (QED) is 0.00950. The van der Waals surface area contributed by atoms with Crippen LogP contribution in [-0.2, 0) is 114 Å². The maximum absolute atomic E-state index is 13.9. The molecule has 127 heavy (non-hydrogen) atoms. The summed E-state index contributed by atoms with van der Waals surface area (Å²) in [6.45, 7) is 1.13. The van der Waals surface area contributed by atoms with E-state index < -0.39 is 200 Å². The predicted molar refractivity (Wildman–Crippen MR) is 429 cm³/mol. The molecule has 0 saturated carbocycles. The van der Waals surface area contributed by atoms with Crippen molar-refractivity contribution in [2.24, 2.45) is 0 Å². The Balaban J connectivity index is 1.30. The first-order chi connectivity index (χ1) is 60.8. The number of nitrogens with one attached hydrogen (secondary N) is 10. The lowest BCUT2D eigenvalue weighted by atomic mass is 9.97. The van der Waals surface area contributed by atoms with Crippen molar-refractivity contribution >= 4 is 65.0 Å². The standard InChI is InChI=1S/C79H130F4N10O34/c1-48(97)90-66-72(111)69(108)53(42-94)124-76(66)121-27-7-4-13-56(100)84-21-10-24-87-59(103)16-31-118-45-79(93-62(106)19-30-114-35-37-116-39-40-117-38-36-115-34-20-63(107)127-75-64(82)51(80)41-52(81)65(75)83,46-119-32-17-60(104)88-25-11-22-85-57(101)14-5-8-28-122-77-67(91-49(2)98)73(112)70(109)54(43-95)125-77)47-120-33-18-61(105)89-26-12-23-86-58(102)15-6-9-29-123-78-68(92-50(3)99)74(113)71(110)55(44-96)126-78/h41,53-55,66-74,76-78,94-96,108-113H,4-40,42-47H2,1-3H3,(H,84,100)(H,85,101)(H,86,102)(H,87,103)(H,88,104)(H,89,105)(H,90,97)(H,91,98)(H,92,99)(H,93,106)/t53-,54-,55-,66-,67-,68-,69+,70+,71+,72-,73-,74-,76-,77-,78?/m1/s1. The molecule has 3 heterocycles. The zero-order valence-corrected chi connectivity index (χ0v) is 71.9. The Morgan fingerprint density at radius 1 is 0.339 bits per heavy atom. The maximum Gasteiger partial charge on any atom is 0.313 e. The summed E-state index contributed by atoms with van der Waals surface area (Å²) in [6.07, 6.45) is -13.7. The number of aliphatic hydroxyl groups excluding tert-OH is 9. The van der Waals surface area contributed by atoms with Gasteiger partial charge in [-0.15, -0.1) is 0 Å². The van der Waals surface area contributed by atoms with E-state index in [-0.39, 0.29) is 220 Å². The lowest BCUT2D eigenvalue weighted by Crippen LogP contribution is -2.64. The van der Waals surface area contributed by atoms with E-state index in [4.69, 9.17) is 61.6 Å². The van der Waals surface area contributed by atoms with E-state index in [1.165, 1.54) is 20.8 Å². The minimum atomic E-state index is -1.88. The van der Waals surface area contributed by atoms with E-state index in [0.717, 1.165) is 0 Å². The lowest BCUT2D eigenvalue weighted by molar-refractivity contribution is -0.270. The van der Waals surface area contributed by atoms with Gasteiger partial charge in [-0.2, -0.15) is 8.78 Å². The molecule has 0 bridgehead atoms. The number of rotatable bonds is 68. The first kappa shape index (κ1) is 112. The van der Waals surface area contributed by atoms with E-state index in [0.29, 0.717) is 57.8 Å². The third kappa shape index (κ3) is 45.1. The van der Waals surface area contributed by atoms with Crippen molar-refractivity contribution in [2.45, 2.75) is 227 Å². The van der Waals surface area contributed by atoms with Gasteiger partial charge in [0.2, 0.25) is 76.5 Å². The van der Waals surface area contributed by atoms with Crippen molar-refractivity contribution in [1.82, 2.24) is 53.2 Å². The zero-order chi connectivity index (χ0) is 93.5. The number of carbonyl (C=O) groups is 11. The average molecular weight is 1840 g/mol. The molecule has 0 aliphatic carbocycles. The van der Waals surface area contributed by atoms with Gasteiger partial charge in [-0.25, -0.2) is 8.78 Å². The fraction of sp³-hybridized carbons (Fsp3) is 0.785. The summed E-state index contributed by atoms with van der Waals surface area (Å²) in [4.78, 5) is 138. The number of hydrogen-bond acceptors (Lipinski definition) is 34. The highest BCUT2D eigenvalue weighted by Gasteiger charge is 2.48. The van der Waals surface area contributed by atoms with Gasteiger partial charge < -0.3 is 165 Å². The number of esters is 1. The molecule has 15 atom stereocenters. The topological polar surface area (TPSA) is 619 Å². The molecule has 3 aliphatic heterocycles. The fourth-order valence-corrected chi connectivity index (χ4v) is 12.5. The number of carbonyl (C=O) groups excluding carboxylic acids is 11. The molecule has 44 nitrogen and oxygen atoms in total. The van der Waals surface area contributed by atoms with Crippen LogP contribution in [0.5, 0.6) is 5.75 Å². The molecule has 1 aromatic rings. The van der Waals surface area contributed by atoms with Gasteiger partial charge in [-0.3, -0.25) is 52.7 Å². The normalized spacial score (nSPS) is 22.3. The third-order valence-electron chi connectivity index (χ3n) is 19.3. The highest BCUT2D eigenvalue weighted by molar-refractivity contribution is 5.79. The number of benzene rings is 1. The molecule has 1 aromatic carbocycles. The third-order valence-corrected chi connectivity index (χ3v) is 19.3. The zero-order valence-electron chi connectivity index (χ0n) is 71.9. The van der Waals surface area contributed by atoms with Crippen LogP contribution >= 0.6 is 0 Å². The molecule has 19 N–H and O–H groups in total. The van der Waals surface area contributed by atoms with E-state index in [1.807, 2.05) is 0 Å². The second-order valence-corrected chi connectivity index (χ2v) is 29.9. The molecule has 4 rings (SSSR count). The second-order valence-electron chi connectivity index (χ2n) is 29.9. The Labute approximate surface area is 732 Å². The lowest BCUT2D eigenvalue weighted by Gasteiger charge is -2.42. The Morgan fingerprint density at radius 2 is 0.606 bits per heavy atom. The van der Waals surface area contributed by atoms with Crippen LogP contribution in [-0.4, -0.2) is 380 Å². The Hall–Kier alpha value is -7.77. The first-order valence-electron chi connectivity index (χ1n) is 42.4. The van der Waals surface area contributed by atoms with Gasteiger partial charge in [0.1, 0.15) is 78.6 Å². The van der Waals surface area contributed by atoms with Crippen LogP contribution in [0.4, 0.5) is 17.6 Å². The van der Waals surface area contributed by atoms with E-state index >= 15 is 0 Å². The van der Waals surface area contributed by atoms with Crippen LogP contribution < -0.4 is 57.9 Å². The van der Waals surface area contributed by atoms with E-state index in [2.05, 4.69) is 57.9 Å². The number of hydrogen-bond donors (Lipinski definition) is 19. The molecule has 0 aromatic heterocycles. The van der Waals surface area contributed by atoms with Crippen LogP contribution in [0.3, 0.4) is 0 Å². The molecular weight excluding hydrogens is 1710 g/mol. The highest BCUT2D eigenvalue weighted by atomic mass is 19.2. The average Bonchev–Trinajstić information content (AvgIpc) is 0.828. The first-order valence-corrected chi connectivity index (χ1v) is 42.4. The molecule has 48 heteroatoms. The van der Waals surface area contributed by atoms with Gasteiger partial charge in [0.25, 0.3) is 0 Å². The molecule has 10 amide bonds. The van der Waals surface area contributed by atoms with Gasteiger partial charge in [0.05, 0.1) is 119 Å². The minimum absolute atomic E-state index is 0.0200. The van der Waals surface area contributed by atoms with E-state index in [9.17, 15) is 116 Å². The van der Waals surface area contributed by atoms with Crippen LogP contribution in [0.1, 0.15) is 130 Å². The molecule has 3 fully saturated rings. The van der Waals surface area contributed by atoms with Crippen molar-refractivity contribution < 1.29 is 183 Å². The maximum atomic E-state index is 13.9. The van der Waals surface area contributed by atoms with Crippen molar-refractivity contribution in [3.63, 3.8) is 0 Å². The van der Waals surface area contributed by atoms with Crippen LogP contribution in [0.15, 0.2) is 6.07 Å². The molecule has 728 valence electrons. The molecule has 0 spiro atoms. The van der Waals surface area contributed by atoms with Crippen LogP contribution in [0, 0.1) is 23.3 Å². The summed E-state index contributed by atoms with van der Waals surface area (Å²) in [6, 6.07) is -3.40. The predicted octanol–water partition coefficient (Wildman–Crippen LogP) is -5.67. The number of aliphatic hydroxyl groups is 9. The Kier molecular flexibility index (Phi) is 56.3. The summed E-state index contributed by atoms with van der Waals surface area (Å²) < 4.78 is 133. The summed E-state index contributed by atoms with van der Waals surface area (Å²) in [5, 5.41) is 118. The summed E-state index contributed by atoms with van der Waals surface area (Å²) in [5.41, 5.74) is -1.56. The van der Waals surface area contributed by atoms with Gasteiger partial charge in [-0.05, 0) is 57.8 Å². The Morgan fingerprint density at radius 3 is 0.898 bits per heavy atom. The summed E-state index contributed by atoms with van der Waals surface area (Å²) >= 11 is 0. The van der Waals surface area contributed by atoms with Crippen molar-refractivity contribution in [2.75, 3.05) is 171 Å². The van der Waals surface area contributed by atoms with Crippen LogP contribution in [0.25, 0.3) is 0 Å². The minimum Gasteiger partial charge on any atom is -0.420 e. The van der Waals surface area contributed by atoms with Crippen molar-refractivity contribution in [3.05, 3.63) is 29.3 Å². The van der Waals surface area contributed by atoms with Crippen molar-refractivity contribution in [3.8, 4) is 5.75 Å². The number of ether oxygens (including phenoxy) is 14. The molecular formula is C79H130F4N10O34. The summed E-state index contributed by atoms with van der Waals surface area (Å²) in [7, 11) is 0.